The van der Waals surface area contributed by atoms with Crippen LogP contribution >= 0.6 is 11.1 Å². The normalized spacial score (nSPS) is 45.0. The first-order valence-electron chi connectivity index (χ1n) is 3.79. The standard InChI is InChI=1S/C6H15ClSi2/c1-8-4-3-5-9(2,7)6-8/h8H,3-6H2,1-2H3. The van der Waals surface area contributed by atoms with Crippen molar-refractivity contribution in [1.82, 2.24) is 0 Å². The lowest BCUT2D eigenvalue weighted by atomic mass is 10.6. The van der Waals surface area contributed by atoms with E-state index in [1.807, 2.05) is 0 Å². The highest BCUT2D eigenvalue weighted by molar-refractivity contribution is 7.23. The fraction of sp³-hybridized carbons (Fsp3) is 1.00. The van der Waals surface area contributed by atoms with Gasteiger partial charge in [-0.25, -0.2) is 0 Å². The van der Waals surface area contributed by atoms with Crippen LogP contribution in [0.1, 0.15) is 6.42 Å². The second-order valence-electron chi connectivity index (χ2n) is 3.61. The van der Waals surface area contributed by atoms with Crippen molar-refractivity contribution >= 4 is 27.3 Å². The molecule has 0 aromatic rings. The second kappa shape index (κ2) is 2.76. The molecule has 1 fully saturated rings. The molecule has 0 radical (unpaired) electrons. The summed E-state index contributed by atoms with van der Waals surface area (Å²) in [5.74, 6) is 0. The van der Waals surface area contributed by atoms with Crippen molar-refractivity contribution in [2.24, 2.45) is 0 Å². The van der Waals surface area contributed by atoms with Gasteiger partial charge in [0.05, 0.1) is 0 Å². The molecule has 0 bridgehead atoms. The maximum Gasteiger partial charge on any atom is 0.150 e. The van der Waals surface area contributed by atoms with Gasteiger partial charge < -0.3 is 0 Å². The van der Waals surface area contributed by atoms with Crippen molar-refractivity contribution in [2.45, 2.75) is 37.3 Å². The van der Waals surface area contributed by atoms with Crippen LogP contribution < -0.4 is 0 Å². The molecule has 2 unspecified atom stereocenters. The monoisotopic (exact) mass is 178 g/mol. The third-order valence-corrected chi connectivity index (χ3v) is 13.1. The molecule has 0 saturated carbocycles. The van der Waals surface area contributed by atoms with Crippen molar-refractivity contribution in [3.8, 4) is 0 Å². The Morgan fingerprint density at radius 3 is 2.56 bits per heavy atom. The van der Waals surface area contributed by atoms with Gasteiger partial charge in [-0.15, -0.1) is 0 Å². The van der Waals surface area contributed by atoms with Crippen molar-refractivity contribution in [3.63, 3.8) is 0 Å². The second-order valence-corrected chi connectivity index (χ2v) is 14.1. The third kappa shape index (κ3) is 2.44. The molecule has 1 saturated heterocycles. The molecule has 9 heavy (non-hydrogen) atoms. The fourth-order valence-electron chi connectivity index (χ4n) is 1.75. The molecule has 1 aliphatic heterocycles. The zero-order chi connectivity index (χ0) is 6.91. The summed E-state index contributed by atoms with van der Waals surface area (Å²) in [6, 6.07) is 2.93. The molecular weight excluding hydrogens is 164 g/mol. The van der Waals surface area contributed by atoms with Crippen molar-refractivity contribution in [1.29, 1.82) is 0 Å². The first-order valence-corrected chi connectivity index (χ1v) is 10.5. The molecule has 0 spiro atoms. The molecule has 0 aromatic heterocycles. The summed E-state index contributed by atoms with van der Waals surface area (Å²) in [5, 5.41) is 0. The summed E-state index contributed by atoms with van der Waals surface area (Å²) >= 11 is 6.34. The number of hydrogen-bond acceptors (Lipinski definition) is 0. The molecule has 0 amide bonds. The van der Waals surface area contributed by atoms with E-state index in [4.69, 9.17) is 11.1 Å². The van der Waals surface area contributed by atoms with E-state index < -0.39 is 7.38 Å². The lowest BCUT2D eigenvalue weighted by Crippen LogP contribution is -2.33. The smallest absolute Gasteiger partial charge is 0.150 e. The summed E-state index contributed by atoms with van der Waals surface area (Å²) in [7, 11) is -1.41. The van der Waals surface area contributed by atoms with E-state index in [1.54, 1.807) is 6.04 Å². The summed E-state index contributed by atoms with van der Waals surface area (Å²) in [5.41, 5.74) is 1.48. The molecule has 1 rings (SSSR count). The Morgan fingerprint density at radius 1 is 1.56 bits per heavy atom. The van der Waals surface area contributed by atoms with Crippen LogP contribution in [0, 0.1) is 0 Å². The van der Waals surface area contributed by atoms with Crippen LogP contribution in [0.4, 0.5) is 0 Å². The van der Waals surface area contributed by atoms with E-state index >= 15 is 0 Å². The Kier molecular flexibility index (Phi) is 2.40. The minimum Gasteiger partial charge on any atom is -0.168 e. The lowest BCUT2D eigenvalue weighted by Gasteiger charge is -2.28. The molecular formula is C6H15ClSi2. The van der Waals surface area contributed by atoms with Crippen LogP contribution in [0.25, 0.3) is 0 Å². The molecule has 1 aliphatic rings. The van der Waals surface area contributed by atoms with Gasteiger partial charge in [-0.1, -0.05) is 31.2 Å². The maximum atomic E-state index is 6.34. The van der Waals surface area contributed by atoms with Crippen LogP contribution in [-0.4, -0.2) is 16.2 Å². The first kappa shape index (κ1) is 7.83. The molecule has 0 N–H and O–H groups in total. The van der Waals surface area contributed by atoms with Gasteiger partial charge in [0.1, 0.15) is 0 Å². The molecule has 0 aliphatic carbocycles. The molecule has 2 atom stereocenters. The minimum atomic E-state index is -1.12. The lowest BCUT2D eigenvalue weighted by molar-refractivity contribution is 1.01. The highest BCUT2D eigenvalue weighted by Gasteiger charge is 2.30. The maximum absolute atomic E-state index is 6.34. The van der Waals surface area contributed by atoms with Gasteiger partial charge in [-0.3, -0.25) is 0 Å². The Hall–Kier alpha value is 0.724. The summed E-state index contributed by atoms with van der Waals surface area (Å²) < 4.78 is 0. The zero-order valence-electron chi connectivity index (χ0n) is 6.28. The van der Waals surface area contributed by atoms with Gasteiger partial charge in [-0.05, 0) is 6.04 Å². The van der Waals surface area contributed by atoms with Gasteiger partial charge in [0.25, 0.3) is 0 Å². The molecule has 0 nitrogen and oxygen atoms in total. The van der Waals surface area contributed by atoms with Gasteiger partial charge in [0, 0.05) is 8.80 Å². The molecule has 54 valence electrons. The van der Waals surface area contributed by atoms with Crippen molar-refractivity contribution in [2.75, 3.05) is 0 Å². The number of hydrogen-bond donors (Lipinski definition) is 0. The van der Waals surface area contributed by atoms with Gasteiger partial charge >= 0.3 is 0 Å². The predicted molar refractivity (Wildman–Crippen MR) is 49.5 cm³/mol. The highest BCUT2D eigenvalue weighted by atomic mass is 35.6. The largest absolute Gasteiger partial charge is 0.168 e. The third-order valence-electron chi connectivity index (χ3n) is 2.17. The fourth-order valence-corrected chi connectivity index (χ4v) is 14.2. The summed E-state index contributed by atoms with van der Waals surface area (Å²) in [6.45, 7) is 4.80. The van der Waals surface area contributed by atoms with Gasteiger partial charge in [0.15, 0.2) is 7.38 Å². The average Bonchev–Trinajstić information content (AvgIpc) is 1.60. The SMILES string of the molecule is C[SiH]1CCC[Si](C)(Cl)C1. The first-order chi connectivity index (χ1) is 4.10. The van der Waals surface area contributed by atoms with Crippen LogP contribution in [0.15, 0.2) is 0 Å². The van der Waals surface area contributed by atoms with E-state index in [-0.39, 0.29) is 8.80 Å². The van der Waals surface area contributed by atoms with E-state index in [9.17, 15) is 0 Å². The Balaban J connectivity index is 2.41. The number of rotatable bonds is 0. The quantitative estimate of drug-likeness (QED) is 0.395. The number of halogens is 1. The summed E-state index contributed by atoms with van der Waals surface area (Å²) in [6.07, 6.45) is 1.44. The van der Waals surface area contributed by atoms with E-state index in [0.717, 1.165) is 0 Å². The predicted octanol–water partition coefficient (Wildman–Crippen LogP) is 2.60. The Labute approximate surface area is 64.9 Å². The minimum absolute atomic E-state index is 0.290. The highest BCUT2D eigenvalue weighted by Crippen LogP contribution is 2.31. The average molecular weight is 179 g/mol. The van der Waals surface area contributed by atoms with Crippen LogP contribution in [0.2, 0.25) is 30.8 Å². The Morgan fingerprint density at radius 2 is 2.22 bits per heavy atom. The van der Waals surface area contributed by atoms with Crippen LogP contribution in [0.5, 0.6) is 0 Å². The van der Waals surface area contributed by atoms with Crippen LogP contribution in [0.3, 0.4) is 0 Å². The van der Waals surface area contributed by atoms with E-state index in [1.165, 1.54) is 18.1 Å². The van der Waals surface area contributed by atoms with Gasteiger partial charge in [0.2, 0.25) is 0 Å². The molecule has 0 aromatic carbocycles. The Bertz CT molecular complexity index is 103. The van der Waals surface area contributed by atoms with Crippen molar-refractivity contribution < 1.29 is 0 Å². The zero-order valence-corrected chi connectivity index (χ0v) is 9.19. The van der Waals surface area contributed by atoms with E-state index in [0.29, 0.717) is 0 Å². The molecule has 1 heterocycles. The van der Waals surface area contributed by atoms with Crippen molar-refractivity contribution in [3.05, 3.63) is 0 Å². The van der Waals surface area contributed by atoms with E-state index in [2.05, 4.69) is 13.1 Å². The van der Waals surface area contributed by atoms with Gasteiger partial charge in [-0.2, -0.15) is 11.1 Å². The topological polar surface area (TPSA) is 0 Å². The summed E-state index contributed by atoms with van der Waals surface area (Å²) in [4.78, 5) is 0. The molecule has 3 heteroatoms. The van der Waals surface area contributed by atoms with Crippen LogP contribution in [-0.2, 0) is 0 Å².